The van der Waals surface area contributed by atoms with Crippen molar-refractivity contribution in [3.8, 4) is 0 Å². The van der Waals surface area contributed by atoms with Gasteiger partial charge in [0.2, 0.25) is 0 Å². The normalized spacial score (nSPS) is 41.2. The molecule has 134 valence electrons. The number of allylic oxidation sites excluding steroid dienone is 3. The van der Waals surface area contributed by atoms with Crippen LogP contribution in [0.4, 0.5) is 0 Å². The van der Waals surface area contributed by atoms with Crippen LogP contribution in [0.2, 0.25) is 0 Å². The lowest BCUT2D eigenvalue weighted by molar-refractivity contribution is 0.142. The predicted molar refractivity (Wildman–Crippen MR) is 104 cm³/mol. The molecule has 3 saturated carbocycles. The van der Waals surface area contributed by atoms with Gasteiger partial charge in [-0.3, -0.25) is 0 Å². The molecule has 0 amide bonds. The van der Waals surface area contributed by atoms with E-state index in [0.29, 0.717) is 0 Å². The Morgan fingerprint density at radius 3 is 2.17 bits per heavy atom. The third-order valence-electron chi connectivity index (χ3n) is 8.14. The fourth-order valence-corrected chi connectivity index (χ4v) is 7.24. The van der Waals surface area contributed by atoms with Gasteiger partial charge in [0, 0.05) is 0 Å². The highest BCUT2D eigenvalue weighted by Gasteiger charge is 2.60. The quantitative estimate of drug-likeness (QED) is 0.214. The zero-order chi connectivity index (χ0) is 16.4. The van der Waals surface area contributed by atoms with E-state index in [0.717, 1.165) is 41.4 Å². The van der Waals surface area contributed by atoms with Crippen molar-refractivity contribution in [2.75, 3.05) is 0 Å². The monoisotopic (exact) mass is 326 g/mol. The molecule has 24 heavy (non-hydrogen) atoms. The average molecular weight is 327 g/mol. The second kappa shape index (κ2) is 7.79. The lowest BCUT2D eigenvalue weighted by Crippen LogP contribution is -2.30. The molecule has 0 aromatic rings. The van der Waals surface area contributed by atoms with Crippen LogP contribution in [-0.2, 0) is 0 Å². The summed E-state index contributed by atoms with van der Waals surface area (Å²) in [7, 11) is 0. The molecule has 7 unspecified atom stereocenters. The molecule has 0 heteroatoms. The summed E-state index contributed by atoms with van der Waals surface area (Å²) in [6.07, 6.45) is 26.4. The molecule has 0 heterocycles. The van der Waals surface area contributed by atoms with E-state index in [4.69, 9.17) is 0 Å². The third-order valence-corrected chi connectivity index (χ3v) is 8.14. The molecule has 4 aliphatic carbocycles. The Morgan fingerprint density at radius 2 is 1.42 bits per heavy atom. The maximum atomic E-state index is 3.80. The lowest BCUT2D eigenvalue weighted by atomic mass is 9.68. The highest BCUT2D eigenvalue weighted by Crippen LogP contribution is 2.67. The van der Waals surface area contributed by atoms with Gasteiger partial charge in [0.05, 0.1) is 0 Å². The Morgan fingerprint density at radius 1 is 0.750 bits per heavy atom. The molecule has 7 atom stereocenters. The van der Waals surface area contributed by atoms with E-state index in [-0.39, 0.29) is 0 Å². The second-order valence-corrected chi connectivity index (χ2v) is 9.45. The predicted octanol–water partition coefficient (Wildman–Crippen LogP) is 7.17. The molecule has 0 aliphatic heterocycles. The van der Waals surface area contributed by atoms with Crippen molar-refractivity contribution in [3.63, 3.8) is 0 Å². The molecule has 4 aliphatic rings. The number of unbranched alkanes of at least 4 members (excludes halogenated alkanes) is 8. The molecule has 0 saturated heterocycles. The van der Waals surface area contributed by atoms with Crippen LogP contribution in [0, 0.1) is 41.4 Å². The summed E-state index contributed by atoms with van der Waals surface area (Å²) in [6, 6.07) is 0. The summed E-state index contributed by atoms with van der Waals surface area (Å²) in [5.41, 5.74) is 0. The van der Waals surface area contributed by atoms with Crippen molar-refractivity contribution in [3.05, 3.63) is 24.8 Å². The summed E-state index contributed by atoms with van der Waals surface area (Å²) in [5.74, 6) is 7.62. The van der Waals surface area contributed by atoms with Crippen LogP contribution in [0.3, 0.4) is 0 Å². The van der Waals surface area contributed by atoms with E-state index < -0.39 is 0 Å². The van der Waals surface area contributed by atoms with Crippen molar-refractivity contribution in [1.82, 2.24) is 0 Å². The van der Waals surface area contributed by atoms with Crippen LogP contribution in [0.1, 0.15) is 83.5 Å². The van der Waals surface area contributed by atoms with Gasteiger partial charge in [0.1, 0.15) is 0 Å². The summed E-state index contributed by atoms with van der Waals surface area (Å²) < 4.78 is 0. The molecule has 0 spiro atoms. The number of hydrogen-bond donors (Lipinski definition) is 0. The maximum Gasteiger partial charge on any atom is -0.0194 e. The fourth-order valence-electron chi connectivity index (χ4n) is 7.24. The SMILES string of the molecule is C=CCCCCCCCCCCC1CC2CC1C1C3C=CC(C3)C21. The Balaban J connectivity index is 1.08. The Hall–Kier alpha value is -0.520. The van der Waals surface area contributed by atoms with E-state index in [1.54, 1.807) is 19.3 Å². The summed E-state index contributed by atoms with van der Waals surface area (Å²) in [5, 5.41) is 0. The average Bonchev–Trinajstić information content (AvgIpc) is 3.35. The van der Waals surface area contributed by atoms with Crippen molar-refractivity contribution in [2.24, 2.45) is 41.4 Å². The van der Waals surface area contributed by atoms with Gasteiger partial charge in [-0.15, -0.1) is 6.58 Å². The smallest absolute Gasteiger partial charge is 0.0194 e. The van der Waals surface area contributed by atoms with Crippen LogP contribution in [-0.4, -0.2) is 0 Å². The minimum Gasteiger partial charge on any atom is -0.103 e. The molecule has 4 rings (SSSR count). The van der Waals surface area contributed by atoms with Crippen LogP contribution < -0.4 is 0 Å². The fraction of sp³-hybridized carbons (Fsp3) is 0.833. The highest BCUT2D eigenvalue weighted by molar-refractivity contribution is 5.20. The second-order valence-electron chi connectivity index (χ2n) is 9.45. The van der Waals surface area contributed by atoms with Gasteiger partial charge in [-0.05, 0) is 73.5 Å². The van der Waals surface area contributed by atoms with Crippen molar-refractivity contribution >= 4 is 0 Å². The molecule has 0 aromatic carbocycles. The largest absolute Gasteiger partial charge is 0.103 e. The van der Waals surface area contributed by atoms with Crippen molar-refractivity contribution in [1.29, 1.82) is 0 Å². The van der Waals surface area contributed by atoms with E-state index in [1.807, 2.05) is 0 Å². The Bertz CT molecular complexity index is 447. The van der Waals surface area contributed by atoms with Gasteiger partial charge in [-0.1, -0.05) is 69.6 Å². The summed E-state index contributed by atoms with van der Waals surface area (Å²) in [6.45, 7) is 3.80. The van der Waals surface area contributed by atoms with Gasteiger partial charge >= 0.3 is 0 Å². The van der Waals surface area contributed by atoms with Crippen LogP contribution in [0.25, 0.3) is 0 Å². The molecule has 0 aromatic heterocycles. The summed E-state index contributed by atoms with van der Waals surface area (Å²) in [4.78, 5) is 0. The number of hydrogen-bond acceptors (Lipinski definition) is 0. The lowest BCUT2D eigenvalue weighted by Gasteiger charge is -2.36. The first-order valence-electron chi connectivity index (χ1n) is 11.2. The molecular formula is C24H38. The van der Waals surface area contributed by atoms with Gasteiger partial charge in [0.25, 0.3) is 0 Å². The first-order chi connectivity index (χ1) is 11.9. The standard InChI is InChI=1S/C24H38/c1-2-3-4-5-6-7-8-9-10-11-12-18-15-21-17-22(18)24-20-14-13-19(16-20)23(21)24/h2,13-14,18-24H,1,3-12,15-17H2. The first kappa shape index (κ1) is 16.9. The molecular weight excluding hydrogens is 288 g/mol. The third kappa shape index (κ3) is 3.27. The number of rotatable bonds is 11. The minimum absolute atomic E-state index is 0.999. The molecule has 3 fully saturated rings. The molecule has 4 bridgehead atoms. The Labute approximate surface area is 150 Å². The van der Waals surface area contributed by atoms with E-state index in [9.17, 15) is 0 Å². The van der Waals surface area contributed by atoms with Gasteiger partial charge in [-0.25, -0.2) is 0 Å². The van der Waals surface area contributed by atoms with E-state index >= 15 is 0 Å². The summed E-state index contributed by atoms with van der Waals surface area (Å²) >= 11 is 0. The van der Waals surface area contributed by atoms with Crippen molar-refractivity contribution < 1.29 is 0 Å². The van der Waals surface area contributed by atoms with E-state index in [2.05, 4.69) is 24.8 Å². The minimum atomic E-state index is 0.999. The first-order valence-corrected chi connectivity index (χ1v) is 11.2. The Kier molecular flexibility index (Phi) is 5.50. The molecule has 0 N–H and O–H groups in total. The highest BCUT2D eigenvalue weighted by atomic mass is 14.6. The van der Waals surface area contributed by atoms with Gasteiger partial charge in [0.15, 0.2) is 0 Å². The zero-order valence-electron chi connectivity index (χ0n) is 15.7. The van der Waals surface area contributed by atoms with Crippen molar-refractivity contribution in [2.45, 2.75) is 83.5 Å². The van der Waals surface area contributed by atoms with Crippen LogP contribution in [0.5, 0.6) is 0 Å². The van der Waals surface area contributed by atoms with Crippen LogP contribution in [0.15, 0.2) is 24.8 Å². The maximum absolute atomic E-state index is 3.80. The topological polar surface area (TPSA) is 0 Å². The van der Waals surface area contributed by atoms with Gasteiger partial charge < -0.3 is 0 Å². The van der Waals surface area contributed by atoms with E-state index in [1.165, 1.54) is 64.2 Å². The molecule has 0 radical (unpaired) electrons. The molecule has 0 nitrogen and oxygen atoms in total. The number of fused-ring (bicyclic) bond motifs is 9. The van der Waals surface area contributed by atoms with Gasteiger partial charge in [-0.2, -0.15) is 0 Å². The zero-order valence-corrected chi connectivity index (χ0v) is 15.7. The van der Waals surface area contributed by atoms with Crippen LogP contribution >= 0.6 is 0 Å².